The summed E-state index contributed by atoms with van der Waals surface area (Å²) in [6.45, 7) is -0.0659. The molecule has 0 aliphatic rings. The molecule has 0 aliphatic heterocycles. The van der Waals surface area contributed by atoms with Crippen molar-refractivity contribution in [3.63, 3.8) is 0 Å². The third-order valence-corrected chi connectivity index (χ3v) is 4.06. The van der Waals surface area contributed by atoms with Gasteiger partial charge in [0.15, 0.2) is 0 Å². The second-order valence-corrected chi connectivity index (χ2v) is 5.83. The second kappa shape index (κ2) is 7.51. The summed E-state index contributed by atoms with van der Waals surface area (Å²) in [7, 11) is 0. The molecule has 6 heteroatoms. The Hall–Kier alpha value is -2.63. The normalized spacial score (nSPS) is 12.0. The summed E-state index contributed by atoms with van der Waals surface area (Å²) in [5.41, 5.74) is 1.27. The molecular weight excluding hydrogens is 345 g/mol. The Kier molecular flexibility index (Phi) is 5.16. The molecule has 1 amide bonds. The monoisotopic (exact) mass is 359 g/mol. The van der Waals surface area contributed by atoms with Gasteiger partial charge in [-0.2, -0.15) is 0 Å². The van der Waals surface area contributed by atoms with Crippen molar-refractivity contribution >= 4 is 17.5 Å². The zero-order valence-electron chi connectivity index (χ0n) is 13.1. The summed E-state index contributed by atoms with van der Waals surface area (Å²) in [6.07, 6.45) is 0.654. The molecule has 0 fully saturated rings. The lowest BCUT2D eigenvalue weighted by Gasteiger charge is -2.13. The van der Waals surface area contributed by atoms with Crippen LogP contribution in [0.5, 0.6) is 0 Å². The zero-order chi connectivity index (χ0) is 17.8. The van der Waals surface area contributed by atoms with Crippen LogP contribution in [-0.4, -0.2) is 17.6 Å². The average Bonchev–Trinajstić information content (AvgIpc) is 3.14. The van der Waals surface area contributed by atoms with Crippen molar-refractivity contribution in [1.29, 1.82) is 0 Å². The highest BCUT2D eigenvalue weighted by Crippen LogP contribution is 2.23. The first-order chi connectivity index (χ1) is 12.1. The van der Waals surface area contributed by atoms with Gasteiger partial charge in [-0.25, -0.2) is 4.39 Å². The van der Waals surface area contributed by atoms with Crippen LogP contribution in [0.15, 0.2) is 65.3 Å². The van der Waals surface area contributed by atoms with E-state index in [4.69, 9.17) is 16.0 Å². The number of nitrogens with one attached hydrogen (secondary N) is 1. The number of hydrogen-bond acceptors (Lipinski definition) is 3. The van der Waals surface area contributed by atoms with E-state index in [9.17, 15) is 14.3 Å². The molecule has 3 aromatic rings. The van der Waals surface area contributed by atoms with Gasteiger partial charge in [0.25, 0.3) is 5.91 Å². The van der Waals surface area contributed by atoms with Crippen molar-refractivity contribution in [3.8, 4) is 11.3 Å². The predicted molar refractivity (Wildman–Crippen MR) is 92.8 cm³/mol. The highest BCUT2D eigenvalue weighted by atomic mass is 35.5. The van der Waals surface area contributed by atoms with E-state index in [1.54, 1.807) is 24.5 Å². The number of amides is 1. The Morgan fingerprint density at radius 3 is 2.56 bits per heavy atom. The van der Waals surface area contributed by atoms with Crippen molar-refractivity contribution < 1.29 is 18.7 Å². The first-order valence-corrected chi connectivity index (χ1v) is 7.98. The fourth-order valence-electron chi connectivity index (χ4n) is 2.42. The third-order valence-electron chi connectivity index (χ3n) is 3.75. The number of aliphatic hydroxyl groups is 1. The second-order valence-electron chi connectivity index (χ2n) is 5.42. The highest BCUT2D eigenvalue weighted by Gasteiger charge is 2.17. The van der Waals surface area contributed by atoms with Crippen LogP contribution in [0.25, 0.3) is 11.3 Å². The summed E-state index contributed by atoms with van der Waals surface area (Å²) < 4.78 is 19.0. The maximum Gasteiger partial charge on any atom is 0.255 e. The molecule has 0 aliphatic carbocycles. The van der Waals surface area contributed by atoms with E-state index in [2.05, 4.69) is 5.32 Å². The van der Waals surface area contributed by atoms with Crippen molar-refractivity contribution in [2.75, 3.05) is 6.54 Å². The number of rotatable bonds is 5. The number of hydrogen-bond donors (Lipinski definition) is 2. The SMILES string of the molecule is O=C(NC[C@@H](O)c1ccc(-c2ccco2)cc1)c1c(F)cccc1Cl. The Labute approximate surface area is 148 Å². The van der Waals surface area contributed by atoms with Gasteiger partial charge in [0.2, 0.25) is 0 Å². The molecule has 1 aromatic heterocycles. The van der Waals surface area contributed by atoms with Crippen LogP contribution in [0.1, 0.15) is 22.0 Å². The zero-order valence-corrected chi connectivity index (χ0v) is 13.8. The number of aliphatic hydroxyl groups excluding tert-OH is 1. The summed E-state index contributed by atoms with van der Waals surface area (Å²) in [6, 6.07) is 14.7. The molecule has 3 rings (SSSR count). The topological polar surface area (TPSA) is 62.5 Å². The average molecular weight is 360 g/mol. The van der Waals surface area contributed by atoms with E-state index in [1.165, 1.54) is 12.1 Å². The van der Waals surface area contributed by atoms with Crippen molar-refractivity contribution in [2.24, 2.45) is 0 Å². The van der Waals surface area contributed by atoms with Crippen molar-refractivity contribution in [2.45, 2.75) is 6.10 Å². The molecule has 0 spiro atoms. The quantitative estimate of drug-likeness (QED) is 0.717. The van der Waals surface area contributed by atoms with Gasteiger partial charge in [-0.1, -0.05) is 41.9 Å². The molecule has 0 radical (unpaired) electrons. The first-order valence-electron chi connectivity index (χ1n) is 7.60. The van der Waals surface area contributed by atoms with Crippen LogP contribution >= 0.6 is 11.6 Å². The van der Waals surface area contributed by atoms with Crippen LogP contribution in [0.3, 0.4) is 0 Å². The van der Waals surface area contributed by atoms with Crippen LogP contribution in [0.4, 0.5) is 4.39 Å². The van der Waals surface area contributed by atoms with Crippen LogP contribution < -0.4 is 5.32 Å². The van der Waals surface area contributed by atoms with Gasteiger partial charge in [0, 0.05) is 12.1 Å². The Bertz CT molecular complexity index is 843. The van der Waals surface area contributed by atoms with E-state index in [1.807, 2.05) is 18.2 Å². The van der Waals surface area contributed by atoms with Crippen LogP contribution in [0, 0.1) is 5.82 Å². The first kappa shape index (κ1) is 17.2. The fraction of sp³-hybridized carbons (Fsp3) is 0.105. The fourth-order valence-corrected chi connectivity index (χ4v) is 2.67. The lowest BCUT2D eigenvalue weighted by molar-refractivity contribution is 0.0912. The van der Waals surface area contributed by atoms with Gasteiger partial charge in [0.05, 0.1) is 23.0 Å². The molecule has 0 bridgehead atoms. The van der Waals surface area contributed by atoms with E-state index in [0.717, 1.165) is 17.4 Å². The van der Waals surface area contributed by atoms with Crippen molar-refractivity contribution in [1.82, 2.24) is 5.32 Å². The van der Waals surface area contributed by atoms with Gasteiger partial charge < -0.3 is 14.8 Å². The minimum absolute atomic E-state index is 0.0230. The molecule has 0 unspecified atom stereocenters. The smallest absolute Gasteiger partial charge is 0.255 e. The number of benzene rings is 2. The minimum Gasteiger partial charge on any atom is -0.464 e. The Morgan fingerprint density at radius 1 is 1.16 bits per heavy atom. The van der Waals surface area contributed by atoms with Gasteiger partial charge in [0.1, 0.15) is 11.6 Å². The molecule has 0 saturated carbocycles. The highest BCUT2D eigenvalue weighted by molar-refractivity contribution is 6.33. The summed E-state index contributed by atoms with van der Waals surface area (Å²) in [5, 5.41) is 12.7. The van der Waals surface area contributed by atoms with Gasteiger partial charge in [-0.15, -0.1) is 0 Å². The summed E-state index contributed by atoms with van der Waals surface area (Å²) in [5.74, 6) is -0.653. The summed E-state index contributed by atoms with van der Waals surface area (Å²) in [4.78, 5) is 12.1. The lowest BCUT2D eigenvalue weighted by atomic mass is 10.1. The molecule has 4 nitrogen and oxygen atoms in total. The molecule has 0 saturated heterocycles. The number of halogens is 2. The Balaban J connectivity index is 1.64. The molecular formula is C19H15ClFNO3. The van der Waals surface area contributed by atoms with Crippen LogP contribution in [0.2, 0.25) is 5.02 Å². The molecule has 128 valence electrons. The predicted octanol–water partition coefficient (Wildman–Crippen LogP) is 4.20. The molecule has 1 atom stereocenters. The van der Waals surface area contributed by atoms with Gasteiger partial charge in [-0.05, 0) is 29.8 Å². The Morgan fingerprint density at radius 2 is 1.92 bits per heavy atom. The van der Waals surface area contributed by atoms with Crippen LogP contribution in [-0.2, 0) is 0 Å². The van der Waals surface area contributed by atoms with E-state index in [-0.39, 0.29) is 17.1 Å². The lowest BCUT2D eigenvalue weighted by Crippen LogP contribution is -2.29. The van der Waals surface area contributed by atoms with Crippen molar-refractivity contribution in [3.05, 3.63) is 82.8 Å². The molecule has 2 aromatic carbocycles. The number of carbonyl (C=O) groups is 1. The minimum atomic E-state index is -0.930. The standard InChI is InChI=1S/C19H15ClFNO3/c20-14-3-1-4-15(21)18(14)19(24)22-11-16(23)12-6-8-13(9-7-12)17-5-2-10-25-17/h1-10,16,23H,11H2,(H,22,24)/t16-/m1/s1. The molecule has 1 heterocycles. The molecule has 2 N–H and O–H groups in total. The van der Waals surface area contributed by atoms with Gasteiger partial charge >= 0.3 is 0 Å². The maximum absolute atomic E-state index is 13.7. The number of carbonyl (C=O) groups excluding carboxylic acids is 1. The van der Waals surface area contributed by atoms with Gasteiger partial charge in [-0.3, -0.25) is 4.79 Å². The van der Waals surface area contributed by atoms with E-state index < -0.39 is 17.8 Å². The largest absolute Gasteiger partial charge is 0.464 e. The molecule has 25 heavy (non-hydrogen) atoms. The third kappa shape index (κ3) is 3.90. The van der Waals surface area contributed by atoms with E-state index in [0.29, 0.717) is 5.56 Å². The summed E-state index contributed by atoms with van der Waals surface area (Å²) >= 11 is 5.85. The number of furan rings is 1. The van der Waals surface area contributed by atoms with E-state index >= 15 is 0 Å². The maximum atomic E-state index is 13.7.